The Morgan fingerprint density at radius 3 is 2.47 bits per heavy atom. The molecule has 0 aliphatic rings. The van der Waals surface area contributed by atoms with Crippen molar-refractivity contribution < 1.29 is 0 Å². The molecule has 0 spiro atoms. The van der Waals surface area contributed by atoms with E-state index in [0.717, 1.165) is 35.5 Å². The average molecular weight is 229 g/mol. The van der Waals surface area contributed by atoms with Crippen molar-refractivity contribution in [2.24, 2.45) is 0 Å². The van der Waals surface area contributed by atoms with E-state index in [4.69, 9.17) is 5.73 Å². The fourth-order valence-electron chi connectivity index (χ4n) is 2.04. The third-order valence-corrected chi connectivity index (χ3v) is 2.89. The van der Waals surface area contributed by atoms with E-state index in [1.165, 1.54) is 5.69 Å². The van der Waals surface area contributed by atoms with E-state index in [2.05, 4.69) is 38.0 Å². The van der Waals surface area contributed by atoms with E-state index in [9.17, 15) is 0 Å². The molecule has 1 aromatic carbocycles. The molecule has 0 bridgehead atoms. The fourth-order valence-corrected chi connectivity index (χ4v) is 2.04. The van der Waals surface area contributed by atoms with Gasteiger partial charge in [-0.1, -0.05) is 13.8 Å². The van der Waals surface area contributed by atoms with Crippen LogP contribution >= 0.6 is 0 Å². The van der Waals surface area contributed by atoms with Crippen LogP contribution in [0.3, 0.4) is 0 Å². The Kier molecular flexibility index (Phi) is 3.18. The van der Waals surface area contributed by atoms with Crippen molar-refractivity contribution in [3.05, 3.63) is 41.2 Å². The van der Waals surface area contributed by atoms with Gasteiger partial charge >= 0.3 is 0 Å². The molecule has 0 unspecified atom stereocenters. The van der Waals surface area contributed by atoms with Gasteiger partial charge in [-0.05, 0) is 49.6 Å². The largest absolute Gasteiger partial charge is 0.399 e. The van der Waals surface area contributed by atoms with Crippen molar-refractivity contribution >= 4 is 5.69 Å². The molecule has 90 valence electrons. The van der Waals surface area contributed by atoms with Crippen LogP contribution in [0.2, 0.25) is 0 Å². The molecule has 0 aliphatic heterocycles. The lowest BCUT2D eigenvalue weighted by molar-refractivity contribution is 0.794. The summed E-state index contributed by atoms with van der Waals surface area (Å²) >= 11 is 0. The van der Waals surface area contributed by atoms with Gasteiger partial charge in [0, 0.05) is 11.4 Å². The molecule has 3 heteroatoms. The highest BCUT2D eigenvalue weighted by Crippen LogP contribution is 2.18. The number of rotatable bonds is 3. The third-order valence-electron chi connectivity index (χ3n) is 2.89. The summed E-state index contributed by atoms with van der Waals surface area (Å²) in [7, 11) is 0. The quantitative estimate of drug-likeness (QED) is 0.822. The molecule has 17 heavy (non-hydrogen) atoms. The van der Waals surface area contributed by atoms with Gasteiger partial charge in [0.15, 0.2) is 0 Å². The van der Waals surface area contributed by atoms with Crippen molar-refractivity contribution in [3.8, 4) is 5.69 Å². The number of nitrogens with zero attached hydrogens (tertiary/aromatic N) is 2. The second kappa shape index (κ2) is 4.62. The second-order valence-corrected chi connectivity index (χ2v) is 4.35. The molecule has 0 fully saturated rings. The SMILES string of the molecule is CCc1cc(CC)n(-c2cc(C)cc(N)c2)n1. The summed E-state index contributed by atoms with van der Waals surface area (Å²) in [4.78, 5) is 0. The standard InChI is InChI=1S/C14H19N3/c1-4-12-9-13(5-2)17(16-12)14-7-10(3)6-11(15)8-14/h6-9H,4-5,15H2,1-3H3. The number of hydrogen-bond acceptors (Lipinski definition) is 2. The molecule has 0 saturated carbocycles. The van der Waals surface area contributed by atoms with Gasteiger partial charge in [-0.3, -0.25) is 0 Å². The van der Waals surface area contributed by atoms with E-state index in [-0.39, 0.29) is 0 Å². The van der Waals surface area contributed by atoms with E-state index in [0.29, 0.717) is 0 Å². The van der Waals surface area contributed by atoms with Gasteiger partial charge in [0.25, 0.3) is 0 Å². The average Bonchev–Trinajstić information content (AvgIpc) is 2.70. The lowest BCUT2D eigenvalue weighted by atomic mass is 10.2. The van der Waals surface area contributed by atoms with E-state index < -0.39 is 0 Å². The molecule has 2 aromatic rings. The number of nitrogen functional groups attached to an aromatic ring is 1. The minimum atomic E-state index is 0.788. The lowest BCUT2D eigenvalue weighted by Crippen LogP contribution is -2.03. The molecular formula is C14H19N3. The molecule has 0 aliphatic carbocycles. The number of aryl methyl sites for hydroxylation is 3. The third kappa shape index (κ3) is 2.33. The van der Waals surface area contributed by atoms with Crippen LogP contribution < -0.4 is 5.73 Å². The molecule has 3 nitrogen and oxygen atoms in total. The summed E-state index contributed by atoms with van der Waals surface area (Å²) < 4.78 is 2.00. The van der Waals surface area contributed by atoms with Gasteiger partial charge < -0.3 is 5.73 Å². The summed E-state index contributed by atoms with van der Waals surface area (Å²) in [6.45, 7) is 6.32. The smallest absolute Gasteiger partial charge is 0.0672 e. The van der Waals surface area contributed by atoms with Crippen molar-refractivity contribution in [1.29, 1.82) is 0 Å². The highest BCUT2D eigenvalue weighted by Gasteiger charge is 2.08. The van der Waals surface area contributed by atoms with Crippen LogP contribution in [0.15, 0.2) is 24.3 Å². The molecule has 0 amide bonds. The summed E-state index contributed by atoms with van der Waals surface area (Å²) in [5, 5.41) is 4.61. The van der Waals surface area contributed by atoms with Gasteiger partial charge in [-0.15, -0.1) is 0 Å². The topological polar surface area (TPSA) is 43.8 Å². The first-order valence-corrected chi connectivity index (χ1v) is 6.09. The van der Waals surface area contributed by atoms with Gasteiger partial charge in [0.05, 0.1) is 11.4 Å². The fraction of sp³-hybridized carbons (Fsp3) is 0.357. The Morgan fingerprint density at radius 1 is 1.12 bits per heavy atom. The van der Waals surface area contributed by atoms with Gasteiger partial charge in [-0.2, -0.15) is 5.10 Å². The first-order valence-electron chi connectivity index (χ1n) is 6.09. The minimum absolute atomic E-state index is 0.788. The summed E-state index contributed by atoms with van der Waals surface area (Å²) in [6.07, 6.45) is 1.93. The van der Waals surface area contributed by atoms with Crippen molar-refractivity contribution in [2.45, 2.75) is 33.6 Å². The maximum absolute atomic E-state index is 5.89. The number of anilines is 1. The van der Waals surface area contributed by atoms with Gasteiger partial charge in [0.2, 0.25) is 0 Å². The summed E-state index contributed by atoms with van der Waals surface area (Å²) in [6, 6.07) is 8.22. The highest BCUT2D eigenvalue weighted by atomic mass is 15.3. The Morgan fingerprint density at radius 2 is 1.88 bits per heavy atom. The van der Waals surface area contributed by atoms with Crippen LogP contribution in [-0.4, -0.2) is 9.78 Å². The van der Waals surface area contributed by atoms with Gasteiger partial charge in [0.1, 0.15) is 0 Å². The molecule has 2 rings (SSSR count). The molecule has 1 aromatic heterocycles. The normalized spacial score (nSPS) is 10.8. The first kappa shape index (κ1) is 11.7. The molecule has 0 saturated heterocycles. The predicted molar refractivity (Wildman–Crippen MR) is 71.5 cm³/mol. The zero-order chi connectivity index (χ0) is 12.4. The predicted octanol–water partition coefficient (Wildman–Crippen LogP) is 2.89. The maximum Gasteiger partial charge on any atom is 0.0672 e. The van der Waals surface area contributed by atoms with Gasteiger partial charge in [-0.25, -0.2) is 4.68 Å². The van der Waals surface area contributed by atoms with Crippen molar-refractivity contribution in [2.75, 3.05) is 5.73 Å². The molecule has 0 radical (unpaired) electrons. The zero-order valence-corrected chi connectivity index (χ0v) is 10.7. The van der Waals surface area contributed by atoms with Crippen LogP contribution in [0, 0.1) is 6.92 Å². The van der Waals surface area contributed by atoms with E-state index in [1.54, 1.807) is 0 Å². The minimum Gasteiger partial charge on any atom is -0.399 e. The Hall–Kier alpha value is -1.77. The van der Waals surface area contributed by atoms with Crippen LogP contribution in [0.25, 0.3) is 5.69 Å². The number of hydrogen-bond donors (Lipinski definition) is 1. The Balaban J connectivity index is 2.54. The van der Waals surface area contributed by atoms with E-state index in [1.807, 2.05) is 16.8 Å². The molecule has 1 heterocycles. The second-order valence-electron chi connectivity index (χ2n) is 4.35. The first-order chi connectivity index (χ1) is 8.13. The summed E-state index contributed by atoms with van der Waals surface area (Å²) in [5.74, 6) is 0. The van der Waals surface area contributed by atoms with Crippen LogP contribution in [0.1, 0.15) is 30.8 Å². The lowest BCUT2D eigenvalue weighted by Gasteiger charge is -2.08. The zero-order valence-electron chi connectivity index (χ0n) is 10.7. The Bertz CT molecular complexity index is 506. The van der Waals surface area contributed by atoms with Crippen molar-refractivity contribution in [3.63, 3.8) is 0 Å². The highest BCUT2D eigenvalue weighted by molar-refractivity contribution is 5.51. The number of benzene rings is 1. The molecule has 2 N–H and O–H groups in total. The molecular weight excluding hydrogens is 210 g/mol. The van der Waals surface area contributed by atoms with Crippen LogP contribution in [-0.2, 0) is 12.8 Å². The summed E-state index contributed by atoms with van der Waals surface area (Å²) in [5.41, 5.74) is 11.2. The number of aromatic nitrogens is 2. The molecule has 0 atom stereocenters. The van der Waals surface area contributed by atoms with Crippen LogP contribution in [0.4, 0.5) is 5.69 Å². The van der Waals surface area contributed by atoms with E-state index >= 15 is 0 Å². The number of nitrogens with two attached hydrogens (primary N) is 1. The van der Waals surface area contributed by atoms with Crippen LogP contribution in [0.5, 0.6) is 0 Å². The Labute approximate surface area is 102 Å². The monoisotopic (exact) mass is 229 g/mol. The van der Waals surface area contributed by atoms with Crippen molar-refractivity contribution in [1.82, 2.24) is 9.78 Å². The maximum atomic E-state index is 5.89.